The Hall–Kier alpha value is -2.65. The van der Waals surface area contributed by atoms with Crippen molar-refractivity contribution in [1.29, 1.82) is 0 Å². The number of imide groups is 2. The van der Waals surface area contributed by atoms with Gasteiger partial charge in [0.25, 0.3) is 11.8 Å². The number of barbiturate groups is 1. The summed E-state index contributed by atoms with van der Waals surface area (Å²) in [5.74, 6) is -1.53. The van der Waals surface area contributed by atoms with Crippen LogP contribution in [0.25, 0.3) is 11.2 Å². The molecule has 30 heavy (non-hydrogen) atoms. The van der Waals surface area contributed by atoms with E-state index < -0.39 is 53.7 Å². The molecule has 4 atom stereocenters. The summed E-state index contributed by atoms with van der Waals surface area (Å²) in [6.45, 7) is 1.14. The molecule has 2 aliphatic rings. The molecule has 0 unspecified atom stereocenters. The van der Waals surface area contributed by atoms with Crippen molar-refractivity contribution in [2.24, 2.45) is 0 Å². The Labute approximate surface area is 172 Å². The quantitative estimate of drug-likeness (QED) is 0.257. The van der Waals surface area contributed by atoms with Crippen LogP contribution >= 0.6 is 11.8 Å². The smallest absolute Gasteiger partial charge is 0.328 e. The number of carbonyl (C=O) groups excluding carboxylic acids is 3. The van der Waals surface area contributed by atoms with E-state index >= 15 is 0 Å². The Balaban J connectivity index is 1.72. The minimum atomic E-state index is -1.64. The summed E-state index contributed by atoms with van der Waals surface area (Å²) in [6.07, 6.45) is -2.10. The molecular formula is C16H18N6O7S. The van der Waals surface area contributed by atoms with Crippen LogP contribution < -0.4 is 10.6 Å². The standard InChI is InChI=1S/C16H18N6O7S/c1-2-16(13(26)20-15(28)21-14(16)27)30-11-7-10(17-4-18-11)22(5-19-7)12-9(25)8(24)6(3-23)29-12/h4-6,8-9,12,23-25H,2-3H2,1H3,(H2,20,21,26,27,28)/t6-,8+,9-,12+/m0/s1. The van der Waals surface area contributed by atoms with Gasteiger partial charge in [-0.25, -0.2) is 19.7 Å². The molecule has 0 aliphatic carbocycles. The second kappa shape index (κ2) is 7.55. The second-order valence-corrected chi connectivity index (χ2v) is 8.04. The highest BCUT2D eigenvalue weighted by Crippen LogP contribution is 2.39. The van der Waals surface area contributed by atoms with Crippen molar-refractivity contribution in [2.45, 2.75) is 47.7 Å². The lowest BCUT2D eigenvalue weighted by Gasteiger charge is -2.31. The fourth-order valence-corrected chi connectivity index (χ4v) is 4.50. The van der Waals surface area contributed by atoms with E-state index in [0.717, 1.165) is 11.8 Å². The van der Waals surface area contributed by atoms with Crippen LogP contribution in [0.5, 0.6) is 0 Å². The summed E-state index contributed by atoms with van der Waals surface area (Å²) in [5, 5.41) is 33.9. The largest absolute Gasteiger partial charge is 0.394 e. The first-order valence-corrected chi connectivity index (χ1v) is 9.80. The van der Waals surface area contributed by atoms with Crippen LogP contribution in [0, 0.1) is 0 Å². The first-order chi connectivity index (χ1) is 14.3. The molecule has 2 aliphatic heterocycles. The fourth-order valence-electron chi connectivity index (χ4n) is 3.39. The minimum absolute atomic E-state index is 0.0731. The van der Waals surface area contributed by atoms with Crippen molar-refractivity contribution in [3.05, 3.63) is 12.7 Å². The number of hydrogen-bond donors (Lipinski definition) is 5. The van der Waals surface area contributed by atoms with Gasteiger partial charge in [0.15, 0.2) is 16.6 Å². The van der Waals surface area contributed by atoms with Crippen LogP contribution in [0.3, 0.4) is 0 Å². The van der Waals surface area contributed by atoms with Gasteiger partial charge in [-0.05, 0) is 6.42 Å². The van der Waals surface area contributed by atoms with Gasteiger partial charge in [0.2, 0.25) is 0 Å². The van der Waals surface area contributed by atoms with Crippen molar-refractivity contribution in [1.82, 2.24) is 30.2 Å². The van der Waals surface area contributed by atoms with Gasteiger partial charge in [-0.15, -0.1) is 0 Å². The zero-order valence-electron chi connectivity index (χ0n) is 15.6. The molecule has 2 saturated heterocycles. The van der Waals surface area contributed by atoms with E-state index in [9.17, 15) is 29.7 Å². The monoisotopic (exact) mass is 438 g/mol. The molecule has 0 spiro atoms. The van der Waals surface area contributed by atoms with Gasteiger partial charge < -0.3 is 20.1 Å². The van der Waals surface area contributed by atoms with E-state index in [2.05, 4.69) is 25.6 Å². The highest BCUT2D eigenvalue weighted by molar-refractivity contribution is 8.02. The number of aliphatic hydroxyl groups is 3. The first-order valence-electron chi connectivity index (χ1n) is 8.98. The summed E-state index contributed by atoms with van der Waals surface area (Å²) in [5.41, 5.74) is 0.451. The zero-order chi connectivity index (χ0) is 21.6. The van der Waals surface area contributed by atoms with E-state index in [-0.39, 0.29) is 22.6 Å². The van der Waals surface area contributed by atoms with Crippen LogP contribution in [-0.4, -0.2) is 82.3 Å². The maximum absolute atomic E-state index is 12.5. The normalized spacial score (nSPS) is 28.6. The molecule has 160 valence electrons. The molecule has 14 heteroatoms. The van der Waals surface area contributed by atoms with E-state index in [0.29, 0.717) is 0 Å². The molecule has 2 aromatic rings. The molecular weight excluding hydrogens is 420 g/mol. The average Bonchev–Trinajstić information content (AvgIpc) is 3.26. The zero-order valence-corrected chi connectivity index (χ0v) is 16.4. The summed E-state index contributed by atoms with van der Waals surface area (Å²) in [6, 6.07) is -0.892. The third kappa shape index (κ3) is 3.04. The predicted molar refractivity (Wildman–Crippen MR) is 98.9 cm³/mol. The Morgan fingerprint density at radius 1 is 1.17 bits per heavy atom. The minimum Gasteiger partial charge on any atom is -0.394 e. The Morgan fingerprint density at radius 2 is 1.87 bits per heavy atom. The van der Waals surface area contributed by atoms with Crippen molar-refractivity contribution in [3.8, 4) is 0 Å². The number of aromatic nitrogens is 4. The van der Waals surface area contributed by atoms with E-state index in [1.807, 2.05) is 0 Å². The van der Waals surface area contributed by atoms with Gasteiger partial charge >= 0.3 is 6.03 Å². The third-order valence-corrected chi connectivity index (χ3v) is 6.57. The van der Waals surface area contributed by atoms with Crippen LogP contribution in [0.15, 0.2) is 17.7 Å². The average molecular weight is 438 g/mol. The summed E-state index contributed by atoms with van der Waals surface area (Å²) < 4.78 is 5.23. The number of nitrogens with zero attached hydrogens (tertiary/aromatic N) is 4. The maximum atomic E-state index is 12.5. The van der Waals surface area contributed by atoms with E-state index in [1.54, 1.807) is 6.92 Å². The molecule has 0 aromatic carbocycles. The first kappa shape index (κ1) is 20.6. The number of hydrogen-bond acceptors (Lipinski definition) is 11. The van der Waals surface area contributed by atoms with Crippen LogP contribution in [-0.2, 0) is 14.3 Å². The summed E-state index contributed by atoms with van der Waals surface area (Å²) in [4.78, 5) is 48.9. The topological polar surface area (TPSA) is 189 Å². The lowest BCUT2D eigenvalue weighted by atomic mass is 10.0. The molecule has 4 heterocycles. The highest BCUT2D eigenvalue weighted by atomic mass is 32.2. The van der Waals surface area contributed by atoms with Crippen LogP contribution in [0.2, 0.25) is 0 Å². The van der Waals surface area contributed by atoms with Gasteiger partial charge in [-0.2, -0.15) is 0 Å². The van der Waals surface area contributed by atoms with Crippen molar-refractivity contribution >= 4 is 40.8 Å². The van der Waals surface area contributed by atoms with Crippen LogP contribution in [0.1, 0.15) is 19.6 Å². The molecule has 0 saturated carbocycles. The number of carbonyl (C=O) groups is 3. The third-order valence-electron chi connectivity index (χ3n) is 5.07. The van der Waals surface area contributed by atoms with Gasteiger partial charge in [0.05, 0.1) is 12.9 Å². The number of rotatable bonds is 5. The molecule has 4 amide bonds. The molecule has 4 rings (SSSR count). The van der Waals surface area contributed by atoms with Gasteiger partial charge in [0.1, 0.15) is 35.2 Å². The Bertz CT molecular complexity index is 1010. The molecule has 0 bridgehead atoms. The SMILES string of the molecule is CCC1(Sc2ncnc3c2ncn3[C@@H]2O[C@@H](CO)[C@@H](O)[C@@H]2O)C(=O)NC(=O)NC1=O. The van der Waals surface area contributed by atoms with Crippen LogP contribution in [0.4, 0.5) is 4.79 Å². The summed E-state index contributed by atoms with van der Waals surface area (Å²) in [7, 11) is 0. The van der Waals surface area contributed by atoms with Crippen molar-refractivity contribution in [2.75, 3.05) is 6.61 Å². The van der Waals surface area contributed by atoms with Gasteiger partial charge in [-0.1, -0.05) is 18.7 Å². The number of fused-ring (bicyclic) bond motifs is 1. The number of nitrogens with one attached hydrogen (secondary N) is 2. The second-order valence-electron chi connectivity index (χ2n) is 6.75. The maximum Gasteiger partial charge on any atom is 0.328 e. The van der Waals surface area contributed by atoms with Crippen molar-refractivity contribution < 1.29 is 34.4 Å². The summed E-state index contributed by atoms with van der Waals surface area (Å²) >= 11 is 0.826. The number of ether oxygens (including phenoxy) is 1. The molecule has 5 N–H and O–H groups in total. The van der Waals surface area contributed by atoms with E-state index in [4.69, 9.17) is 4.74 Å². The highest BCUT2D eigenvalue weighted by Gasteiger charge is 2.51. The number of amides is 4. The number of imidazole rings is 1. The Kier molecular flexibility index (Phi) is 5.19. The molecule has 0 radical (unpaired) electrons. The Morgan fingerprint density at radius 3 is 2.47 bits per heavy atom. The fraction of sp³-hybridized carbons (Fsp3) is 0.500. The van der Waals surface area contributed by atoms with Crippen molar-refractivity contribution in [3.63, 3.8) is 0 Å². The molecule has 2 aromatic heterocycles. The number of thioether (sulfide) groups is 1. The predicted octanol–water partition coefficient (Wildman–Crippen LogP) is -1.96. The lowest BCUT2D eigenvalue weighted by molar-refractivity contribution is -0.133. The number of urea groups is 1. The lowest BCUT2D eigenvalue weighted by Crippen LogP contribution is -2.64. The van der Waals surface area contributed by atoms with Gasteiger partial charge in [0, 0.05) is 0 Å². The number of aliphatic hydroxyl groups excluding tert-OH is 3. The van der Waals surface area contributed by atoms with Gasteiger partial charge in [-0.3, -0.25) is 24.8 Å². The molecule has 2 fully saturated rings. The molecule has 13 nitrogen and oxygen atoms in total. The van der Waals surface area contributed by atoms with E-state index in [1.165, 1.54) is 17.2 Å².